The van der Waals surface area contributed by atoms with Crippen LogP contribution in [0.15, 0.2) is 6.20 Å². The molecule has 0 spiro atoms. The van der Waals surface area contributed by atoms with E-state index >= 15 is 0 Å². The summed E-state index contributed by atoms with van der Waals surface area (Å²) in [5, 5.41) is 2.21. The third-order valence-corrected chi connectivity index (χ3v) is 4.74. The van der Waals surface area contributed by atoms with Crippen LogP contribution in [0.5, 0.6) is 0 Å². The van der Waals surface area contributed by atoms with Gasteiger partial charge in [0.05, 0.1) is 18.8 Å². The van der Waals surface area contributed by atoms with E-state index in [-0.39, 0.29) is 12.1 Å². The number of hydrogen-bond acceptors (Lipinski definition) is 5. The Morgan fingerprint density at radius 3 is 2.83 bits per heavy atom. The molecule has 1 aliphatic heterocycles. The lowest BCUT2D eigenvalue weighted by molar-refractivity contribution is -0.137. The van der Waals surface area contributed by atoms with Crippen LogP contribution in [-0.2, 0) is 10.9 Å². The summed E-state index contributed by atoms with van der Waals surface area (Å²) in [6.07, 6.45) is -3.18. The summed E-state index contributed by atoms with van der Waals surface area (Å²) in [4.78, 5) is 4.01. The van der Waals surface area contributed by atoms with E-state index < -0.39 is 11.2 Å². The number of ether oxygens (including phenoxy) is 1. The van der Waals surface area contributed by atoms with Gasteiger partial charge in [-0.3, -0.25) is 0 Å². The molecule has 1 aliphatic rings. The highest BCUT2D eigenvalue weighted by Crippen LogP contribution is 2.36. The lowest BCUT2D eigenvalue weighted by atomic mass is 10.1. The first kappa shape index (κ1) is 14.1. The van der Waals surface area contributed by atoms with Gasteiger partial charge in [0, 0.05) is 22.6 Å². The normalized spacial score (nSPS) is 23.0. The first-order chi connectivity index (χ1) is 8.52. The zero-order valence-corrected chi connectivity index (χ0v) is 11.3. The molecule has 1 aromatic heterocycles. The monoisotopic (exact) mass is 298 g/mol. The van der Waals surface area contributed by atoms with Gasteiger partial charge in [-0.2, -0.15) is 24.9 Å². The van der Waals surface area contributed by atoms with Crippen LogP contribution in [0.1, 0.15) is 15.9 Å². The van der Waals surface area contributed by atoms with Gasteiger partial charge >= 0.3 is 6.18 Å². The van der Waals surface area contributed by atoms with E-state index in [2.05, 4.69) is 10.3 Å². The van der Waals surface area contributed by atoms with Gasteiger partial charge in [-0.1, -0.05) is 0 Å². The highest BCUT2D eigenvalue weighted by molar-refractivity contribution is 7.99. The van der Waals surface area contributed by atoms with Crippen LogP contribution >= 0.6 is 23.1 Å². The molecule has 2 unspecified atom stereocenters. The Bertz CT molecular complexity index is 391. The summed E-state index contributed by atoms with van der Waals surface area (Å²) >= 11 is 2.43. The van der Waals surface area contributed by atoms with Crippen molar-refractivity contribution in [3.8, 4) is 0 Å². The largest absolute Gasteiger partial charge is 0.443 e. The molecule has 2 rings (SSSR count). The zero-order chi connectivity index (χ0) is 13.2. The van der Waals surface area contributed by atoms with Crippen LogP contribution in [0.3, 0.4) is 0 Å². The van der Waals surface area contributed by atoms with Crippen molar-refractivity contribution < 1.29 is 17.9 Å². The first-order valence-corrected chi connectivity index (χ1v) is 7.39. The fourth-order valence-electron chi connectivity index (χ4n) is 1.77. The fraction of sp³-hybridized carbons (Fsp3) is 0.700. The van der Waals surface area contributed by atoms with E-state index in [4.69, 9.17) is 4.74 Å². The quantitative estimate of drug-likeness (QED) is 0.930. The molecular formula is C10H13F3N2OS2. The number of halogens is 3. The average molecular weight is 298 g/mol. The van der Waals surface area contributed by atoms with Crippen molar-refractivity contribution in [1.29, 1.82) is 0 Å². The van der Waals surface area contributed by atoms with Crippen LogP contribution < -0.4 is 5.32 Å². The molecule has 0 aliphatic carbocycles. The number of nitrogens with zero attached hydrogens (tertiary/aromatic N) is 1. The molecular weight excluding hydrogens is 285 g/mol. The van der Waals surface area contributed by atoms with Gasteiger partial charge < -0.3 is 10.1 Å². The van der Waals surface area contributed by atoms with Gasteiger partial charge in [-0.15, -0.1) is 11.3 Å². The zero-order valence-electron chi connectivity index (χ0n) is 9.66. The molecule has 1 fully saturated rings. The van der Waals surface area contributed by atoms with Gasteiger partial charge in [0.15, 0.2) is 5.01 Å². The lowest BCUT2D eigenvalue weighted by Crippen LogP contribution is -2.36. The molecule has 0 amide bonds. The minimum Gasteiger partial charge on any atom is -0.374 e. The molecule has 0 radical (unpaired) electrons. The predicted molar refractivity (Wildman–Crippen MR) is 66.0 cm³/mol. The van der Waals surface area contributed by atoms with Crippen LogP contribution in [0.25, 0.3) is 0 Å². The number of nitrogens with one attached hydrogen (secondary N) is 1. The number of likely N-dealkylation sites (N-methyl/N-ethyl adjacent to an activating group) is 1. The molecule has 0 aromatic carbocycles. The molecule has 18 heavy (non-hydrogen) atoms. The van der Waals surface area contributed by atoms with E-state index in [1.54, 1.807) is 18.8 Å². The Hall–Kier alpha value is -0.310. The van der Waals surface area contributed by atoms with Crippen molar-refractivity contribution in [1.82, 2.24) is 10.3 Å². The third-order valence-electron chi connectivity index (χ3n) is 2.60. The van der Waals surface area contributed by atoms with Crippen LogP contribution in [0.2, 0.25) is 0 Å². The molecule has 1 aromatic rings. The SMILES string of the molecule is CNC(c1cnc(C(F)(F)F)s1)C1CSCCO1. The smallest absolute Gasteiger partial charge is 0.374 e. The van der Waals surface area contributed by atoms with Crippen molar-refractivity contribution in [2.45, 2.75) is 18.3 Å². The maximum absolute atomic E-state index is 12.5. The summed E-state index contributed by atoms with van der Waals surface area (Å²) in [6, 6.07) is -0.230. The van der Waals surface area contributed by atoms with Gasteiger partial charge in [0.2, 0.25) is 0 Å². The van der Waals surface area contributed by atoms with Crippen molar-refractivity contribution in [2.75, 3.05) is 25.2 Å². The molecule has 2 atom stereocenters. The minimum atomic E-state index is -4.37. The third kappa shape index (κ3) is 3.17. The molecule has 3 nitrogen and oxygen atoms in total. The van der Waals surface area contributed by atoms with Crippen molar-refractivity contribution in [2.24, 2.45) is 0 Å². The standard InChI is InChI=1S/C10H13F3N2OS2/c1-14-8(6-5-17-3-2-16-6)7-4-15-9(18-7)10(11,12)13/h4,6,8,14H,2-3,5H2,1H3. The van der Waals surface area contributed by atoms with Crippen molar-refractivity contribution in [3.63, 3.8) is 0 Å². The van der Waals surface area contributed by atoms with E-state index in [1.807, 2.05) is 0 Å². The molecule has 0 saturated carbocycles. The second-order valence-corrected chi connectivity index (χ2v) is 6.03. The summed E-state index contributed by atoms with van der Waals surface area (Å²) in [7, 11) is 1.72. The second-order valence-electron chi connectivity index (χ2n) is 3.82. The number of thiazole rings is 1. The Kier molecular flexibility index (Phi) is 4.52. The summed E-state index contributed by atoms with van der Waals surface area (Å²) in [6.45, 7) is 0.637. The topological polar surface area (TPSA) is 34.2 Å². The van der Waals surface area contributed by atoms with E-state index in [0.29, 0.717) is 22.8 Å². The molecule has 8 heteroatoms. The second kappa shape index (κ2) is 5.77. The first-order valence-electron chi connectivity index (χ1n) is 5.42. The van der Waals surface area contributed by atoms with Gasteiger partial charge in [-0.05, 0) is 7.05 Å². The highest BCUT2D eigenvalue weighted by Gasteiger charge is 2.36. The summed E-state index contributed by atoms with van der Waals surface area (Å²) in [5.41, 5.74) is 0. The molecule has 1 N–H and O–H groups in total. The number of rotatable bonds is 3. The Balaban J connectivity index is 2.14. The number of alkyl halides is 3. The van der Waals surface area contributed by atoms with Crippen molar-refractivity contribution >= 4 is 23.1 Å². The molecule has 102 valence electrons. The highest BCUT2D eigenvalue weighted by atomic mass is 32.2. The fourth-order valence-corrected chi connectivity index (χ4v) is 3.62. The Morgan fingerprint density at radius 1 is 1.56 bits per heavy atom. The van der Waals surface area contributed by atoms with Crippen LogP contribution in [-0.4, -0.2) is 36.2 Å². The van der Waals surface area contributed by atoms with Gasteiger partial charge in [-0.25, -0.2) is 4.98 Å². The molecule has 0 bridgehead atoms. The number of hydrogen-bond donors (Lipinski definition) is 1. The lowest BCUT2D eigenvalue weighted by Gasteiger charge is -2.29. The van der Waals surface area contributed by atoms with Crippen LogP contribution in [0.4, 0.5) is 13.2 Å². The number of aromatic nitrogens is 1. The number of thioether (sulfide) groups is 1. The maximum atomic E-state index is 12.5. The van der Waals surface area contributed by atoms with Gasteiger partial charge in [0.1, 0.15) is 0 Å². The van der Waals surface area contributed by atoms with Crippen molar-refractivity contribution in [3.05, 3.63) is 16.1 Å². The summed E-state index contributed by atoms with van der Waals surface area (Å²) in [5.74, 6) is 1.72. The van der Waals surface area contributed by atoms with E-state index in [9.17, 15) is 13.2 Å². The van der Waals surface area contributed by atoms with Gasteiger partial charge in [0.25, 0.3) is 0 Å². The Labute approximate surface area is 111 Å². The van der Waals surface area contributed by atoms with Crippen LogP contribution in [0, 0.1) is 0 Å². The molecule has 1 saturated heterocycles. The molecule has 2 heterocycles. The minimum absolute atomic E-state index is 0.102. The predicted octanol–water partition coefficient (Wildman–Crippen LogP) is 2.55. The maximum Gasteiger partial charge on any atom is 0.443 e. The van der Waals surface area contributed by atoms with E-state index in [0.717, 1.165) is 11.5 Å². The summed E-state index contributed by atoms with van der Waals surface area (Å²) < 4.78 is 43.1. The van der Waals surface area contributed by atoms with E-state index in [1.165, 1.54) is 6.20 Å². The Morgan fingerprint density at radius 2 is 2.33 bits per heavy atom. The average Bonchev–Trinajstić information content (AvgIpc) is 2.81.